The number of phenolic OH excluding ortho intramolecular Hbond substituents is 1. The van der Waals surface area contributed by atoms with Crippen LogP contribution in [0.4, 0.5) is 9.39 Å². The first-order valence-electron chi connectivity index (χ1n) is 12.6. The highest BCUT2D eigenvalue weighted by Crippen LogP contribution is 2.44. The van der Waals surface area contributed by atoms with Crippen molar-refractivity contribution < 1.29 is 14.3 Å². The summed E-state index contributed by atoms with van der Waals surface area (Å²) in [7, 11) is 0. The van der Waals surface area contributed by atoms with Gasteiger partial charge in [0.1, 0.15) is 16.3 Å². The molecule has 1 atom stereocenters. The Morgan fingerprint density at radius 2 is 1.86 bits per heavy atom. The molecule has 2 heterocycles. The van der Waals surface area contributed by atoms with Crippen LogP contribution in [0.1, 0.15) is 34.6 Å². The number of phenols is 1. The number of anilines is 1. The van der Waals surface area contributed by atoms with E-state index in [1.54, 1.807) is 17.0 Å². The predicted octanol–water partition coefficient (Wildman–Crippen LogP) is 7.89. The van der Waals surface area contributed by atoms with Gasteiger partial charge < -0.3 is 14.9 Å². The lowest BCUT2D eigenvalue weighted by Gasteiger charge is -2.40. The van der Waals surface area contributed by atoms with Crippen LogP contribution in [0.2, 0.25) is 5.02 Å². The van der Waals surface area contributed by atoms with E-state index in [4.69, 9.17) is 11.6 Å². The van der Waals surface area contributed by atoms with Gasteiger partial charge in [-0.1, -0.05) is 70.1 Å². The van der Waals surface area contributed by atoms with Crippen molar-refractivity contribution in [2.45, 2.75) is 40.7 Å². The Hall–Kier alpha value is -3.16. The lowest BCUT2D eigenvalue weighted by molar-refractivity contribution is -0.126. The number of rotatable bonds is 3. The summed E-state index contributed by atoms with van der Waals surface area (Å²) >= 11 is 7.88. The van der Waals surface area contributed by atoms with Crippen molar-refractivity contribution in [2.75, 3.05) is 24.5 Å². The summed E-state index contributed by atoms with van der Waals surface area (Å²) in [6, 6.07) is 12.4. The van der Waals surface area contributed by atoms with E-state index in [0.29, 0.717) is 30.6 Å². The smallest absolute Gasteiger partial charge is 0.246 e. The molecule has 1 unspecified atom stereocenters. The van der Waals surface area contributed by atoms with Gasteiger partial charge >= 0.3 is 0 Å². The summed E-state index contributed by atoms with van der Waals surface area (Å²) in [6.45, 7) is 15.3. The zero-order chi connectivity index (χ0) is 27.3. The van der Waals surface area contributed by atoms with E-state index < -0.39 is 5.82 Å². The predicted molar refractivity (Wildman–Crippen MR) is 155 cm³/mol. The number of hydrogen-bond donors (Lipinski definition) is 1. The number of fused-ring (bicyclic) bond motifs is 2. The van der Waals surface area contributed by atoms with E-state index in [-0.39, 0.29) is 33.8 Å². The zero-order valence-electron chi connectivity index (χ0n) is 21.9. The number of benzene rings is 3. The Kier molecular flexibility index (Phi) is 9.51. The summed E-state index contributed by atoms with van der Waals surface area (Å²) in [6.07, 6.45) is 1.33. The second kappa shape index (κ2) is 12.4. The Morgan fingerprint density at radius 1 is 1.16 bits per heavy atom. The highest BCUT2D eigenvalue weighted by Gasteiger charge is 2.29. The number of aromatic hydroxyl groups is 1. The third kappa shape index (κ3) is 5.43. The number of carbonyl (C=O) groups is 1. The van der Waals surface area contributed by atoms with Crippen LogP contribution in [-0.4, -0.2) is 46.0 Å². The van der Waals surface area contributed by atoms with Crippen molar-refractivity contribution in [1.82, 2.24) is 9.27 Å². The van der Waals surface area contributed by atoms with Gasteiger partial charge in [0.2, 0.25) is 5.91 Å². The molecular weight excluding hydrogens is 509 g/mol. The van der Waals surface area contributed by atoms with Gasteiger partial charge in [-0.05, 0) is 59.1 Å². The number of piperazine rings is 1. The molecular formula is C29H33ClFN3O2S. The van der Waals surface area contributed by atoms with Gasteiger partial charge in [0.25, 0.3) is 0 Å². The zero-order valence-corrected chi connectivity index (χ0v) is 23.5. The van der Waals surface area contributed by atoms with Crippen molar-refractivity contribution >= 4 is 55.7 Å². The minimum Gasteiger partial charge on any atom is -0.508 e. The molecule has 4 aromatic rings. The molecule has 1 aromatic heterocycles. The SMILES string of the molecule is C=CC(=O)N1CCN(c2snc3c(F)c(-c4cc(O)cc5ccccc45)c(Cl)cc23)C(C)C1.CC.CC. The lowest BCUT2D eigenvalue weighted by atomic mass is 9.96. The molecule has 1 aliphatic rings. The highest BCUT2D eigenvalue weighted by molar-refractivity contribution is 7.11. The molecule has 37 heavy (non-hydrogen) atoms. The Balaban J connectivity index is 0.000000907. The van der Waals surface area contributed by atoms with Gasteiger partial charge in [0, 0.05) is 36.6 Å². The van der Waals surface area contributed by atoms with E-state index in [1.165, 1.54) is 23.7 Å². The Bertz CT molecular complexity index is 1420. The molecule has 1 N–H and O–H groups in total. The van der Waals surface area contributed by atoms with E-state index in [9.17, 15) is 9.90 Å². The fraction of sp³-hybridized carbons (Fsp3) is 0.310. The summed E-state index contributed by atoms with van der Waals surface area (Å²) < 4.78 is 20.3. The maximum Gasteiger partial charge on any atom is 0.246 e. The van der Waals surface area contributed by atoms with Crippen molar-refractivity contribution in [1.29, 1.82) is 0 Å². The number of hydrogen-bond acceptors (Lipinski definition) is 5. The number of aromatic nitrogens is 1. The van der Waals surface area contributed by atoms with Crippen LogP contribution < -0.4 is 4.90 Å². The molecule has 1 amide bonds. The molecule has 0 spiro atoms. The molecule has 196 valence electrons. The van der Waals surface area contributed by atoms with Crippen LogP contribution in [-0.2, 0) is 4.79 Å². The van der Waals surface area contributed by atoms with Crippen molar-refractivity contribution in [3.05, 3.63) is 66.0 Å². The number of nitrogens with zero attached hydrogens (tertiary/aromatic N) is 3. The maximum absolute atomic E-state index is 15.9. The molecule has 8 heteroatoms. The summed E-state index contributed by atoms with van der Waals surface area (Å²) in [5.41, 5.74) is 0.996. The van der Waals surface area contributed by atoms with Crippen LogP contribution in [0.3, 0.4) is 0 Å². The Morgan fingerprint density at radius 3 is 2.54 bits per heavy atom. The molecule has 1 saturated heterocycles. The van der Waals surface area contributed by atoms with Crippen LogP contribution in [0.5, 0.6) is 5.75 Å². The average Bonchev–Trinajstić information content (AvgIpc) is 3.34. The molecule has 0 bridgehead atoms. The minimum absolute atomic E-state index is 0.0304. The topological polar surface area (TPSA) is 56.7 Å². The fourth-order valence-corrected chi connectivity index (χ4v) is 5.82. The normalized spacial score (nSPS) is 15.1. The molecule has 3 aromatic carbocycles. The molecule has 0 radical (unpaired) electrons. The van der Waals surface area contributed by atoms with Gasteiger partial charge in [-0.25, -0.2) is 4.39 Å². The molecule has 5 rings (SSSR count). The Labute approximate surface area is 226 Å². The second-order valence-corrected chi connectivity index (χ2v) is 9.34. The quantitative estimate of drug-likeness (QED) is 0.268. The third-order valence-electron chi connectivity index (χ3n) is 6.14. The van der Waals surface area contributed by atoms with Crippen LogP contribution >= 0.6 is 23.1 Å². The van der Waals surface area contributed by atoms with Gasteiger partial charge in [0.05, 0.1) is 5.02 Å². The van der Waals surface area contributed by atoms with E-state index in [2.05, 4.69) is 15.9 Å². The maximum atomic E-state index is 15.9. The first kappa shape index (κ1) is 28.4. The lowest BCUT2D eigenvalue weighted by Crippen LogP contribution is -2.53. The molecule has 0 saturated carbocycles. The summed E-state index contributed by atoms with van der Waals surface area (Å²) in [5.74, 6) is -0.560. The van der Waals surface area contributed by atoms with Gasteiger partial charge in [-0.3, -0.25) is 4.79 Å². The van der Waals surface area contributed by atoms with Gasteiger partial charge in [-0.15, -0.1) is 0 Å². The monoisotopic (exact) mass is 541 g/mol. The van der Waals surface area contributed by atoms with Crippen molar-refractivity contribution in [3.8, 4) is 16.9 Å². The third-order valence-corrected chi connectivity index (χ3v) is 7.34. The largest absolute Gasteiger partial charge is 0.508 e. The van der Waals surface area contributed by atoms with Gasteiger partial charge in [0.15, 0.2) is 5.82 Å². The second-order valence-electron chi connectivity index (χ2n) is 8.18. The standard InChI is InChI=1S/C25H21ClFN3O2S.2C2H6/c1-3-21(32)29-8-9-30(14(2)13-29)25-19-12-20(26)22(23(27)24(19)28-33-25)18-11-16(31)10-15-6-4-5-7-17(15)18;2*1-2/h3-7,10-12,14,31H,1,8-9,13H2,2H3;2*1-2H3. The first-order chi connectivity index (χ1) is 17.9. The van der Waals surface area contributed by atoms with Crippen molar-refractivity contribution in [3.63, 3.8) is 0 Å². The molecule has 5 nitrogen and oxygen atoms in total. The van der Waals surface area contributed by atoms with Crippen LogP contribution in [0.15, 0.2) is 55.1 Å². The van der Waals surface area contributed by atoms with Crippen LogP contribution in [0, 0.1) is 5.82 Å². The summed E-state index contributed by atoms with van der Waals surface area (Å²) in [4.78, 5) is 15.9. The number of halogens is 2. The fourth-order valence-electron chi connectivity index (χ4n) is 4.54. The first-order valence-corrected chi connectivity index (χ1v) is 13.7. The van der Waals surface area contributed by atoms with E-state index in [0.717, 1.165) is 15.8 Å². The average molecular weight is 542 g/mol. The molecule has 1 aliphatic heterocycles. The number of amides is 1. The van der Waals surface area contributed by atoms with Gasteiger partial charge in [-0.2, -0.15) is 4.37 Å². The highest BCUT2D eigenvalue weighted by atomic mass is 35.5. The van der Waals surface area contributed by atoms with E-state index >= 15 is 4.39 Å². The van der Waals surface area contributed by atoms with Crippen molar-refractivity contribution in [2.24, 2.45) is 0 Å². The van der Waals surface area contributed by atoms with E-state index in [1.807, 2.05) is 58.9 Å². The summed E-state index contributed by atoms with van der Waals surface area (Å²) in [5, 5.41) is 13.5. The molecule has 1 fully saturated rings. The van der Waals surface area contributed by atoms with Crippen LogP contribution in [0.25, 0.3) is 32.8 Å². The number of carbonyl (C=O) groups excluding carboxylic acids is 1. The molecule has 0 aliphatic carbocycles. The minimum atomic E-state index is -0.510.